The number of hydrogen-bond acceptors (Lipinski definition) is 2. The van der Waals surface area contributed by atoms with E-state index in [0.717, 1.165) is 17.3 Å². The second-order valence-electron chi connectivity index (χ2n) is 6.83. The molecular weight excluding hydrogens is 445 g/mol. The van der Waals surface area contributed by atoms with Gasteiger partial charge >= 0.3 is 6.18 Å². The minimum absolute atomic E-state index is 0.106. The molecule has 1 aromatic heterocycles. The van der Waals surface area contributed by atoms with E-state index in [1.807, 2.05) is 18.2 Å². The molecule has 0 amide bonds. The van der Waals surface area contributed by atoms with Gasteiger partial charge in [0.25, 0.3) is 0 Å². The van der Waals surface area contributed by atoms with Crippen molar-refractivity contribution in [3.05, 3.63) is 89.7 Å². The van der Waals surface area contributed by atoms with Crippen molar-refractivity contribution in [2.45, 2.75) is 11.1 Å². The summed E-state index contributed by atoms with van der Waals surface area (Å²) < 4.78 is 53.2. The first-order valence-electron chi connectivity index (χ1n) is 9.20. The lowest BCUT2D eigenvalue weighted by Gasteiger charge is -2.10. The molecule has 8 heteroatoms. The molecule has 0 N–H and O–H groups in total. The van der Waals surface area contributed by atoms with Gasteiger partial charge < -0.3 is 0 Å². The molecule has 0 spiro atoms. The summed E-state index contributed by atoms with van der Waals surface area (Å²) in [6.07, 6.45) is -2.01. The summed E-state index contributed by atoms with van der Waals surface area (Å²) in [4.78, 5) is 4.52. The van der Waals surface area contributed by atoms with Gasteiger partial charge in [0.05, 0.1) is 5.02 Å². The smallest absolute Gasteiger partial charge is 0.299 e. The maximum atomic E-state index is 13.4. The highest BCUT2D eigenvalue weighted by molar-refractivity contribution is 7.84. The van der Waals surface area contributed by atoms with Crippen LogP contribution in [0.4, 0.5) is 13.2 Å². The number of halogens is 4. The van der Waals surface area contributed by atoms with Crippen molar-refractivity contribution in [1.82, 2.24) is 9.55 Å². The molecule has 3 nitrogen and oxygen atoms in total. The molecule has 4 aromatic rings. The fourth-order valence-corrected chi connectivity index (χ4v) is 4.00. The number of aromatic nitrogens is 2. The maximum Gasteiger partial charge on any atom is 0.434 e. The van der Waals surface area contributed by atoms with Gasteiger partial charge in [0.15, 0.2) is 5.69 Å². The number of hydrogen-bond donors (Lipinski definition) is 0. The van der Waals surface area contributed by atoms with Crippen LogP contribution in [0.2, 0.25) is 5.02 Å². The zero-order valence-electron chi connectivity index (χ0n) is 16.2. The van der Waals surface area contributed by atoms with Crippen LogP contribution in [0, 0.1) is 0 Å². The highest BCUT2D eigenvalue weighted by Crippen LogP contribution is 2.35. The van der Waals surface area contributed by atoms with E-state index in [4.69, 9.17) is 11.6 Å². The van der Waals surface area contributed by atoms with E-state index < -0.39 is 22.7 Å². The molecule has 0 aliphatic rings. The van der Waals surface area contributed by atoms with Crippen LogP contribution >= 0.6 is 11.6 Å². The number of nitrogens with zero attached hydrogens (tertiary/aromatic N) is 2. The molecule has 0 aliphatic heterocycles. The van der Waals surface area contributed by atoms with E-state index in [9.17, 15) is 17.4 Å². The molecule has 0 radical (unpaired) electrons. The molecule has 1 heterocycles. The first kappa shape index (κ1) is 21.3. The summed E-state index contributed by atoms with van der Waals surface area (Å²) in [6.45, 7) is 0. The average molecular weight is 461 g/mol. The Kier molecular flexibility index (Phi) is 5.73. The first-order valence-corrected chi connectivity index (χ1v) is 11.1. The van der Waals surface area contributed by atoms with Gasteiger partial charge in [-0.2, -0.15) is 13.2 Å². The Morgan fingerprint density at radius 3 is 2.29 bits per heavy atom. The van der Waals surface area contributed by atoms with Gasteiger partial charge in [-0.1, -0.05) is 48.0 Å². The van der Waals surface area contributed by atoms with Crippen molar-refractivity contribution in [1.29, 1.82) is 0 Å². The fraction of sp³-hybridized carbons (Fsp3) is 0.0870. The van der Waals surface area contributed by atoms with E-state index >= 15 is 0 Å². The van der Waals surface area contributed by atoms with Crippen LogP contribution in [0.25, 0.3) is 28.2 Å². The Balaban J connectivity index is 1.79. The Hall–Kier alpha value is -2.90. The Morgan fingerprint density at radius 1 is 0.935 bits per heavy atom. The standard InChI is InChI=1S/C23H16ClF3N2OS/c1-31(30)18-6-4-5-16(13-18)15-9-11-17(12-10-15)29-14-21(23(25,26)27)28-22(29)19-7-2-3-8-20(19)24/h2-14H,1H3. The summed E-state index contributed by atoms with van der Waals surface area (Å²) >= 11 is 6.23. The van der Waals surface area contributed by atoms with Crippen LogP contribution in [0.15, 0.2) is 83.9 Å². The van der Waals surface area contributed by atoms with Gasteiger partial charge in [-0.3, -0.25) is 8.78 Å². The maximum absolute atomic E-state index is 13.4. The summed E-state index contributed by atoms with van der Waals surface area (Å²) in [5.74, 6) is 0.106. The van der Waals surface area contributed by atoms with Crippen molar-refractivity contribution in [2.75, 3.05) is 6.26 Å². The molecule has 0 saturated heterocycles. The molecule has 31 heavy (non-hydrogen) atoms. The van der Waals surface area contributed by atoms with Crippen LogP contribution in [0.5, 0.6) is 0 Å². The Bertz CT molecular complexity index is 1270. The molecule has 0 aliphatic carbocycles. The predicted octanol–water partition coefficient (Wildman–Crippen LogP) is 6.62. The van der Waals surface area contributed by atoms with E-state index in [2.05, 4.69) is 4.98 Å². The zero-order chi connectivity index (χ0) is 22.2. The van der Waals surface area contributed by atoms with Crippen molar-refractivity contribution < 1.29 is 17.4 Å². The molecule has 3 aromatic carbocycles. The van der Waals surface area contributed by atoms with Crippen LogP contribution in [0.1, 0.15) is 5.69 Å². The van der Waals surface area contributed by atoms with Crippen molar-refractivity contribution in [2.24, 2.45) is 0 Å². The van der Waals surface area contributed by atoms with Gasteiger partial charge in [-0.15, -0.1) is 0 Å². The second kappa shape index (κ2) is 8.32. The minimum Gasteiger partial charge on any atom is -0.299 e. The average Bonchev–Trinajstić information content (AvgIpc) is 3.20. The first-order chi connectivity index (χ1) is 14.7. The normalized spacial score (nSPS) is 12.7. The zero-order valence-corrected chi connectivity index (χ0v) is 17.8. The van der Waals surface area contributed by atoms with Gasteiger partial charge in [-0.25, -0.2) is 4.98 Å². The summed E-state index contributed by atoms with van der Waals surface area (Å²) in [5.41, 5.74) is 1.64. The number of rotatable bonds is 4. The van der Waals surface area contributed by atoms with E-state index in [1.165, 1.54) is 4.57 Å². The molecule has 158 valence electrons. The number of alkyl halides is 3. The topological polar surface area (TPSA) is 34.9 Å². The summed E-state index contributed by atoms with van der Waals surface area (Å²) in [7, 11) is -1.11. The SMILES string of the molecule is CS(=O)c1cccc(-c2ccc(-n3cc(C(F)(F)F)nc3-c3ccccc3Cl)cc2)c1. The Labute approximate surface area is 184 Å². The van der Waals surface area contributed by atoms with Crippen molar-refractivity contribution in [3.8, 4) is 28.2 Å². The molecule has 1 atom stereocenters. The van der Waals surface area contributed by atoms with E-state index in [1.54, 1.807) is 60.9 Å². The molecule has 1 unspecified atom stereocenters. The summed E-state index contributed by atoms with van der Waals surface area (Å²) in [6, 6.07) is 21.0. The third kappa shape index (κ3) is 4.43. The highest BCUT2D eigenvalue weighted by atomic mass is 35.5. The quantitative estimate of drug-likeness (QED) is 0.343. The number of benzene rings is 3. The number of imidazole rings is 1. The molecular formula is C23H16ClF3N2OS. The van der Waals surface area contributed by atoms with Gasteiger partial charge in [0, 0.05) is 39.4 Å². The third-order valence-corrected chi connectivity index (χ3v) is 6.00. The lowest BCUT2D eigenvalue weighted by molar-refractivity contribution is -0.140. The molecule has 4 rings (SSSR count). The monoisotopic (exact) mass is 460 g/mol. The van der Waals surface area contributed by atoms with E-state index in [-0.39, 0.29) is 5.82 Å². The summed E-state index contributed by atoms with van der Waals surface area (Å²) in [5, 5.41) is 0.309. The largest absolute Gasteiger partial charge is 0.434 e. The van der Waals surface area contributed by atoms with Gasteiger partial charge in [-0.05, 0) is 47.5 Å². The van der Waals surface area contributed by atoms with Crippen molar-refractivity contribution in [3.63, 3.8) is 0 Å². The fourth-order valence-electron chi connectivity index (χ4n) is 3.22. The third-order valence-electron chi connectivity index (χ3n) is 4.76. The van der Waals surface area contributed by atoms with Gasteiger partial charge in [0.2, 0.25) is 0 Å². The molecule has 0 saturated carbocycles. The molecule has 0 bridgehead atoms. The minimum atomic E-state index is -4.59. The Morgan fingerprint density at radius 2 is 1.65 bits per heavy atom. The van der Waals surface area contributed by atoms with E-state index in [0.29, 0.717) is 21.2 Å². The lowest BCUT2D eigenvalue weighted by Crippen LogP contribution is -2.05. The predicted molar refractivity (Wildman–Crippen MR) is 117 cm³/mol. The van der Waals surface area contributed by atoms with Crippen LogP contribution in [-0.4, -0.2) is 20.0 Å². The highest BCUT2D eigenvalue weighted by Gasteiger charge is 2.35. The lowest BCUT2D eigenvalue weighted by atomic mass is 10.1. The molecule has 0 fully saturated rings. The van der Waals surface area contributed by atoms with Gasteiger partial charge in [0.1, 0.15) is 5.82 Å². The van der Waals surface area contributed by atoms with Crippen LogP contribution in [0.3, 0.4) is 0 Å². The second-order valence-corrected chi connectivity index (χ2v) is 8.61. The van der Waals surface area contributed by atoms with Crippen LogP contribution < -0.4 is 0 Å². The van der Waals surface area contributed by atoms with Crippen LogP contribution in [-0.2, 0) is 17.0 Å². The van der Waals surface area contributed by atoms with Crippen molar-refractivity contribution >= 4 is 22.4 Å².